The van der Waals surface area contributed by atoms with Crippen molar-refractivity contribution in [3.05, 3.63) is 29.3 Å². The molecule has 1 aromatic carbocycles. The molecule has 1 aliphatic heterocycles. The third-order valence-corrected chi connectivity index (χ3v) is 5.35. The average molecular weight is 506 g/mol. The molecular weight excluding hydrogens is 475 g/mol. The van der Waals surface area contributed by atoms with Crippen molar-refractivity contribution in [2.45, 2.75) is 78.2 Å². The minimum Gasteiger partial charge on any atom is -0.463 e. The first-order valence-corrected chi connectivity index (χ1v) is 11.3. The minimum atomic E-state index is -1.36. The Morgan fingerprint density at radius 1 is 0.833 bits per heavy atom. The van der Waals surface area contributed by atoms with Gasteiger partial charge in [-0.25, -0.2) is 0 Å². The molecule has 1 heterocycles. The van der Waals surface area contributed by atoms with Crippen LogP contribution in [0.25, 0.3) is 0 Å². The van der Waals surface area contributed by atoms with Gasteiger partial charge in [0, 0.05) is 34.6 Å². The second-order valence-corrected chi connectivity index (χ2v) is 8.55. The minimum absolute atomic E-state index is 0.381. The predicted molar refractivity (Wildman–Crippen MR) is 126 cm³/mol. The molecule has 3 unspecified atom stereocenters. The van der Waals surface area contributed by atoms with Gasteiger partial charge in [-0.1, -0.05) is 23.7 Å². The van der Waals surface area contributed by atoms with E-state index in [1.165, 1.54) is 13.8 Å². The summed E-state index contributed by atoms with van der Waals surface area (Å²) in [5.41, 5.74) is 2.27. The maximum absolute atomic E-state index is 12.1. The number of hydrogen-bond donors (Lipinski definition) is 0. The van der Waals surface area contributed by atoms with E-state index < -0.39 is 66.5 Å². The number of carbonyl (C=O) groups is 5. The molecule has 0 saturated carbocycles. The van der Waals surface area contributed by atoms with E-state index in [1.54, 1.807) is 6.07 Å². The van der Waals surface area contributed by atoms with Gasteiger partial charge < -0.3 is 28.4 Å². The number of ether oxygens (including phenoxy) is 6. The first-order valence-electron chi connectivity index (χ1n) is 11.3. The maximum Gasteiger partial charge on any atom is 0.303 e. The van der Waals surface area contributed by atoms with E-state index in [0.717, 1.165) is 31.8 Å². The molecule has 196 valence electrons. The summed E-state index contributed by atoms with van der Waals surface area (Å²) in [6.45, 7) is 7.24. The van der Waals surface area contributed by atoms with Gasteiger partial charge in [-0.2, -0.15) is 0 Å². The number of carbonyl (C=O) groups excluding carboxylic acids is 5. The van der Waals surface area contributed by atoms with Crippen molar-refractivity contribution in [2.24, 2.45) is 0 Å². The molecule has 6 atom stereocenters. The summed E-state index contributed by atoms with van der Waals surface area (Å²) in [6, 6.07) is 5.42. The summed E-state index contributed by atoms with van der Waals surface area (Å²) in [5, 5.41) is 0. The topological polar surface area (TPSA) is 141 Å². The van der Waals surface area contributed by atoms with Crippen LogP contribution >= 0.6 is 0 Å². The zero-order valence-electron chi connectivity index (χ0n) is 21.4. The number of rotatable bonds is 8. The fourth-order valence-corrected chi connectivity index (χ4v) is 4.14. The molecule has 0 spiro atoms. The summed E-state index contributed by atoms with van der Waals surface area (Å²) in [4.78, 5) is 59.7. The highest BCUT2D eigenvalue weighted by Crippen LogP contribution is 2.38. The van der Waals surface area contributed by atoms with Gasteiger partial charge in [0.25, 0.3) is 0 Å². The smallest absolute Gasteiger partial charge is 0.303 e. The van der Waals surface area contributed by atoms with Crippen LogP contribution in [0.5, 0.6) is 0 Å². The van der Waals surface area contributed by atoms with E-state index in [-0.39, 0.29) is 6.61 Å². The first-order chi connectivity index (χ1) is 16.8. The molecule has 1 saturated heterocycles. The van der Waals surface area contributed by atoms with Crippen LogP contribution in [0.2, 0.25) is 0 Å². The number of hydrogen-bond acceptors (Lipinski definition) is 11. The summed E-state index contributed by atoms with van der Waals surface area (Å²) in [6.07, 6.45) is -7.52. The van der Waals surface area contributed by atoms with Crippen molar-refractivity contribution in [3.63, 3.8) is 0 Å². The van der Waals surface area contributed by atoms with E-state index >= 15 is 0 Å². The standard InChI is InChI=1S/C24H31BO11/c1-11-9-17(25)7-8-18(11)20(32-13(3)27)22-24(35-16(6)30)23(34-15(5)29)21(33-14(4)28)19(36-22)10-31-12(2)26/h7-9,19-24H,10,25H2,1-6H3/t19?,20?,21-,22-,23+,24?/m1/s1. The predicted octanol–water partition coefficient (Wildman–Crippen LogP) is -0.0168. The molecule has 0 N–H and O–H groups in total. The van der Waals surface area contributed by atoms with Gasteiger partial charge in [0.1, 0.15) is 26.7 Å². The lowest BCUT2D eigenvalue weighted by Crippen LogP contribution is -2.63. The fraction of sp³-hybridized carbons (Fsp3) is 0.542. The molecule has 1 aliphatic rings. The Labute approximate surface area is 210 Å². The second-order valence-electron chi connectivity index (χ2n) is 8.55. The second kappa shape index (κ2) is 12.5. The monoisotopic (exact) mass is 506 g/mol. The molecule has 0 aliphatic carbocycles. The largest absolute Gasteiger partial charge is 0.463 e. The summed E-state index contributed by atoms with van der Waals surface area (Å²) in [5.74, 6) is -3.51. The Morgan fingerprint density at radius 2 is 1.39 bits per heavy atom. The molecule has 1 fully saturated rings. The molecule has 11 nitrogen and oxygen atoms in total. The van der Waals surface area contributed by atoms with Crippen molar-refractivity contribution in [1.82, 2.24) is 0 Å². The van der Waals surface area contributed by atoms with E-state index in [2.05, 4.69) is 0 Å². The molecule has 0 bridgehead atoms. The normalized spacial score (nSPS) is 24.1. The van der Waals surface area contributed by atoms with Gasteiger partial charge in [0.15, 0.2) is 24.4 Å². The Balaban J connectivity index is 2.69. The van der Waals surface area contributed by atoms with E-state index in [0.29, 0.717) is 5.56 Å². The van der Waals surface area contributed by atoms with E-state index in [4.69, 9.17) is 28.4 Å². The van der Waals surface area contributed by atoms with Crippen molar-refractivity contribution >= 4 is 43.2 Å². The summed E-state index contributed by atoms with van der Waals surface area (Å²) < 4.78 is 33.3. The van der Waals surface area contributed by atoms with Crippen molar-refractivity contribution in [3.8, 4) is 0 Å². The van der Waals surface area contributed by atoms with Crippen LogP contribution in [0.15, 0.2) is 18.2 Å². The van der Waals surface area contributed by atoms with Crippen LogP contribution in [0.4, 0.5) is 0 Å². The number of esters is 5. The summed E-state index contributed by atoms with van der Waals surface area (Å²) in [7, 11) is 1.89. The van der Waals surface area contributed by atoms with Crippen molar-refractivity contribution < 1.29 is 52.4 Å². The maximum atomic E-state index is 12.1. The zero-order valence-corrected chi connectivity index (χ0v) is 21.4. The number of aryl methyl sites for hydroxylation is 1. The third-order valence-electron chi connectivity index (χ3n) is 5.35. The average Bonchev–Trinajstić information content (AvgIpc) is 2.73. The fourth-order valence-electron chi connectivity index (χ4n) is 4.14. The molecule has 0 amide bonds. The van der Waals surface area contributed by atoms with Crippen molar-refractivity contribution in [1.29, 1.82) is 0 Å². The zero-order chi connectivity index (χ0) is 27.2. The van der Waals surface area contributed by atoms with Gasteiger partial charge in [-0.3, -0.25) is 24.0 Å². The van der Waals surface area contributed by atoms with Gasteiger partial charge in [-0.15, -0.1) is 0 Å². The highest BCUT2D eigenvalue weighted by atomic mass is 16.7. The lowest BCUT2D eigenvalue weighted by Gasteiger charge is -2.46. The van der Waals surface area contributed by atoms with Crippen LogP contribution < -0.4 is 5.46 Å². The Kier molecular flexibility index (Phi) is 10.0. The quantitative estimate of drug-likeness (QED) is 0.267. The SMILES string of the molecule is Bc1ccc(C(OC(C)=O)[C@H]2OC(COC(C)=O)[C@@H](OC(C)=O)[C@H](OC(C)=O)C2OC(C)=O)c(C)c1. The van der Waals surface area contributed by atoms with Crippen LogP contribution in [-0.2, 0) is 52.4 Å². The lowest BCUT2D eigenvalue weighted by atomic mass is 9.85. The molecule has 2 rings (SSSR count). The van der Waals surface area contributed by atoms with Crippen LogP contribution in [0.3, 0.4) is 0 Å². The molecule has 0 aromatic heterocycles. The van der Waals surface area contributed by atoms with Crippen LogP contribution in [0, 0.1) is 6.92 Å². The molecule has 36 heavy (non-hydrogen) atoms. The lowest BCUT2D eigenvalue weighted by molar-refractivity contribution is -0.268. The highest BCUT2D eigenvalue weighted by molar-refractivity contribution is 6.32. The first kappa shape index (κ1) is 28.8. The molecule has 12 heteroatoms. The van der Waals surface area contributed by atoms with Gasteiger partial charge in [-0.05, 0) is 18.1 Å². The van der Waals surface area contributed by atoms with Gasteiger partial charge in [0.05, 0.1) is 0 Å². The summed E-state index contributed by atoms with van der Waals surface area (Å²) >= 11 is 0. The Bertz CT molecular complexity index is 1010. The van der Waals surface area contributed by atoms with E-state index in [1.807, 2.05) is 26.9 Å². The number of benzene rings is 1. The van der Waals surface area contributed by atoms with Crippen LogP contribution in [0.1, 0.15) is 51.8 Å². The van der Waals surface area contributed by atoms with Crippen molar-refractivity contribution in [2.75, 3.05) is 6.61 Å². The molecular formula is C24H31BO11. The van der Waals surface area contributed by atoms with Gasteiger partial charge >= 0.3 is 29.8 Å². The Hall–Kier alpha value is -3.41. The third kappa shape index (κ3) is 7.80. The van der Waals surface area contributed by atoms with Gasteiger partial charge in [0.2, 0.25) is 0 Å². The van der Waals surface area contributed by atoms with Crippen LogP contribution in [-0.4, -0.2) is 74.8 Å². The highest BCUT2D eigenvalue weighted by Gasteiger charge is 2.55. The molecule has 1 aromatic rings. The molecule has 0 radical (unpaired) electrons. The van der Waals surface area contributed by atoms with E-state index in [9.17, 15) is 24.0 Å². The Morgan fingerprint density at radius 3 is 1.89 bits per heavy atom.